The molecule has 3 heterocycles. The van der Waals surface area contributed by atoms with E-state index in [0.717, 1.165) is 12.1 Å². The Bertz CT molecular complexity index is 662. The first-order valence-electron chi connectivity index (χ1n) is 8.14. The molecular formula is C16H23N3O3S. The lowest BCUT2D eigenvalue weighted by molar-refractivity contribution is -0.137. The summed E-state index contributed by atoms with van der Waals surface area (Å²) in [5.41, 5.74) is 0.934. The van der Waals surface area contributed by atoms with Crippen molar-refractivity contribution in [3.63, 3.8) is 0 Å². The van der Waals surface area contributed by atoms with Gasteiger partial charge in [-0.05, 0) is 18.6 Å². The van der Waals surface area contributed by atoms with Gasteiger partial charge in [0.25, 0.3) is 0 Å². The number of piperazine rings is 1. The maximum absolute atomic E-state index is 12.3. The van der Waals surface area contributed by atoms with E-state index in [1.54, 1.807) is 11.1 Å². The lowest BCUT2D eigenvalue weighted by Crippen LogP contribution is -2.60. The van der Waals surface area contributed by atoms with E-state index in [1.165, 1.54) is 0 Å². The number of nitrogens with zero attached hydrogens (tertiary/aromatic N) is 3. The number of pyridine rings is 1. The molecule has 7 heteroatoms. The molecule has 0 radical (unpaired) electrons. The second-order valence-electron chi connectivity index (χ2n) is 6.34. The maximum atomic E-state index is 12.3. The first-order valence-corrected chi connectivity index (χ1v) is 9.96. The Labute approximate surface area is 137 Å². The van der Waals surface area contributed by atoms with E-state index in [4.69, 9.17) is 0 Å². The van der Waals surface area contributed by atoms with Gasteiger partial charge in [-0.2, -0.15) is 0 Å². The highest BCUT2D eigenvalue weighted by atomic mass is 32.2. The predicted octanol–water partition coefficient (Wildman–Crippen LogP) is 0.692. The van der Waals surface area contributed by atoms with E-state index in [9.17, 15) is 13.2 Å². The SMILES string of the molecule is CCCC(=O)N1CCN(Cc2ccccn2)C2CS(=O)(=O)CC21. The van der Waals surface area contributed by atoms with Crippen LogP contribution >= 0.6 is 0 Å². The minimum atomic E-state index is -3.09. The van der Waals surface area contributed by atoms with E-state index in [-0.39, 0.29) is 29.5 Å². The number of rotatable bonds is 4. The van der Waals surface area contributed by atoms with Gasteiger partial charge in [0.2, 0.25) is 5.91 Å². The zero-order chi connectivity index (χ0) is 16.4. The number of fused-ring (bicyclic) bond motifs is 1. The predicted molar refractivity (Wildman–Crippen MR) is 87.5 cm³/mol. The van der Waals surface area contributed by atoms with Crippen LogP contribution in [-0.2, 0) is 21.2 Å². The molecule has 1 amide bonds. The first kappa shape index (κ1) is 16.4. The third kappa shape index (κ3) is 3.55. The highest BCUT2D eigenvalue weighted by Gasteiger charge is 2.47. The summed E-state index contributed by atoms with van der Waals surface area (Å²) < 4.78 is 24.3. The Morgan fingerprint density at radius 1 is 1.26 bits per heavy atom. The zero-order valence-corrected chi connectivity index (χ0v) is 14.2. The van der Waals surface area contributed by atoms with Crippen LogP contribution in [0.4, 0.5) is 0 Å². The number of sulfone groups is 1. The van der Waals surface area contributed by atoms with Gasteiger partial charge in [-0.15, -0.1) is 0 Å². The summed E-state index contributed by atoms with van der Waals surface area (Å²) in [5, 5.41) is 0. The van der Waals surface area contributed by atoms with Crippen molar-refractivity contribution in [2.24, 2.45) is 0 Å². The number of hydrogen-bond acceptors (Lipinski definition) is 5. The third-order valence-corrected chi connectivity index (χ3v) is 6.37. The van der Waals surface area contributed by atoms with Gasteiger partial charge in [0.05, 0.1) is 23.2 Å². The van der Waals surface area contributed by atoms with Crippen molar-refractivity contribution in [1.82, 2.24) is 14.8 Å². The molecule has 0 bridgehead atoms. The van der Waals surface area contributed by atoms with E-state index in [2.05, 4.69) is 9.88 Å². The molecule has 0 saturated carbocycles. The molecule has 2 fully saturated rings. The van der Waals surface area contributed by atoms with Gasteiger partial charge < -0.3 is 4.90 Å². The molecule has 0 N–H and O–H groups in total. The van der Waals surface area contributed by atoms with E-state index < -0.39 is 9.84 Å². The summed E-state index contributed by atoms with van der Waals surface area (Å²) in [6.07, 6.45) is 3.03. The lowest BCUT2D eigenvalue weighted by atomic mass is 10.0. The average molecular weight is 337 g/mol. The van der Waals surface area contributed by atoms with Crippen molar-refractivity contribution in [3.05, 3.63) is 30.1 Å². The summed E-state index contributed by atoms with van der Waals surface area (Å²) >= 11 is 0. The largest absolute Gasteiger partial charge is 0.336 e. The fourth-order valence-corrected chi connectivity index (χ4v) is 5.60. The topological polar surface area (TPSA) is 70.6 Å². The zero-order valence-electron chi connectivity index (χ0n) is 13.4. The van der Waals surface area contributed by atoms with Crippen LogP contribution in [0.5, 0.6) is 0 Å². The normalized spacial score (nSPS) is 26.9. The second-order valence-corrected chi connectivity index (χ2v) is 8.49. The molecule has 6 nitrogen and oxygen atoms in total. The average Bonchev–Trinajstić information content (AvgIpc) is 2.84. The van der Waals surface area contributed by atoms with Crippen molar-refractivity contribution in [2.45, 2.75) is 38.4 Å². The van der Waals surface area contributed by atoms with Crippen LogP contribution in [0.3, 0.4) is 0 Å². The molecule has 2 saturated heterocycles. The van der Waals surface area contributed by atoms with Gasteiger partial charge in [0.15, 0.2) is 9.84 Å². The molecule has 2 atom stereocenters. The Hall–Kier alpha value is -1.47. The van der Waals surface area contributed by atoms with Crippen molar-refractivity contribution >= 4 is 15.7 Å². The van der Waals surface area contributed by atoms with Crippen LogP contribution < -0.4 is 0 Å². The highest BCUT2D eigenvalue weighted by Crippen LogP contribution is 2.28. The highest BCUT2D eigenvalue weighted by molar-refractivity contribution is 7.91. The van der Waals surface area contributed by atoms with Crippen LogP contribution in [-0.4, -0.2) is 65.8 Å². The summed E-state index contributed by atoms with van der Waals surface area (Å²) in [5.74, 6) is 0.309. The van der Waals surface area contributed by atoms with Crippen molar-refractivity contribution in [1.29, 1.82) is 0 Å². The first-order chi connectivity index (χ1) is 11.0. The number of hydrogen-bond donors (Lipinski definition) is 0. The van der Waals surface area contributed by atoms with Gasteiger partial charge in [-0.3, -0.25) is 14.7 Å². The van der Waals surface area contributed by atoms with Gasteiger partial charge in [-0.1, -0.05) is 13.0 Å². The van der Waals surface area contributed by atoms with Crippen molar-refractivity contribution in [2.75, 3.05) is 24.6 Å². The van der Waals surface area contributed by atoms with Gasteiger partial charge >= 0.3 is 0 Å². The summed E-state index contributed by atoms with van der Waals surface area (Å²) in [6.45, 7) is 3.90. The molecule has 0 aromatic carbocycles. The van der Waals surface area contributed by atoms with Gasteiger partial charge in [-0.25, -0.2) is 8.42 Å². The minimum Gasteiger partial charge on any atom is -0.336 e. The number of carbonyl (C=O) groups is 1. The van der Waals surface area contributed by atoms with Gasteiger partial charge in [0.1, 0.15) is 0 Å². The van der Waals surface area contributed by atoms with Crippen LogP contribution in [0.15, 0.2) is 24.4 Å². The molecule has 0 spiro atoms. The number of aromatic nitrogens is 1. The molecular weight excluding hydrogens is 314 g/mol. The summed E-state index contributed by atoms with van der Waals surface area (Å²) in [4.78, 5) is 20.6. The van der Waals surface area contributed by atoms with E-state index >= 15 is 0 Å². The Morgan fingerprint density at radius 2 is 2.04 bits per heavy atom. The Balaban J connectivity index is 1.79. The van der Waals surface area contributed by atoms with E-state index in [0.29, 0.717) is 26.1 Å². The maximum Gasteiger partial charge on any atom is 0.222 e. The fraction of sp³-hybridized carbons (Fsp3) is 0.625. The van der Waals surface area contributed by atoms with Crippen molar-refractivity contribution < 1.29 is 13.2 Å². The van der Waals surface area contributed by atoms with Crippen LogP contribution in [0.1, 0.15) is 25.5 Å². The fourth-order valence-electron chi connectivity index (χ4n) is 3.59. The quantitative estimate of drug-likeness (QED) is 0.808. The Kier molecular flexibility index (Phi) is 4.68. The van der Waals surface area contributed by atoms with Crippen LogP contribution in [0.2, 0.25) is 0 Å². The second kappa shape index (κ2) is 6.57. The smallest absolute Gasteiger partial charge is 0.222 e. The molecule has 2 aliphatic rings. The molecule has 2 aliphatic heterocycles. The molecule has 3 rings (SSSR count). The lowest BCUT2D eigenvalue weighted by Gasteiger charge is -2.43. The minimum absolute atomic E-state index is 0.0806. The molecule has 1 aromatic rings. The summed E-state index contributed by atoms with van der Waals surface area (Å²) in [7, 11) is -3.09. The van der Waals surface area contributed by atoms with Crippen LogP contribution in [0, 0.1) is 0 Å². The number of amides is 1. The molecule has 126 valence electrons. The molecule has 0 aliphatic carbocycles. The monoisotopic (exact) mass is 337 g/mol. The standard InChI is InChI=1S/C16H23N3O3S/c1-2-5-16(20)19-9-8-18(10-13-6-3-4-7-17-13)14-11-23(21,22)12-15(14)19/h3-4,6-7,14-15H,2,5,8-12H2,1H3. The summed E-state index contributed by atoms with van der Waals surface area (Å²) in [6, 6.07) is 5.43. The van der Waals surface area contributed by atoms with E-state index in [1.807, 2.05) is 25.1 Å². The molecule has 23 heavy (non-hydrogen) atoms. The molecule has 2 unspecified atom stereocenters. The van der Waals surface area contributed by atoms with Crippen LogP contribution in [0.25, 0.3) is 0 Å². The Morgan fingerprint density at radius 3 is 2.74 bits per heavy atom. The third-order valence-electron chi connectivity index (χ3n) is 4.67. The van der Waals surface area contributed by atoms with Crippen molar-refractivity contribution in [3.8, 4) is 0 Å². The number of carbonyl (C=O) groups excluding carboxylic acids is 1. The molecule has 1 aromatic heterocycles. The van der Waals surface area contributed by atoms with Gasteiger partial charge in [0, 0.05) is 38.3 Å².